The summed E-state index contributed by atoms with van der Waals surface area (Å²) in [5.41, 5.74) is 0.480. The molecule has 1 atom stereocenters. The van der Waals surface area contributed by atoms with Crippen LogP contribution < -0.4 is 0 Å². The van der Waals surface area contributed by atoms with Gasteiger partial charge in [-0.3, -0.25) is 0 Å². The van der Waals surface area contributed by atoms with E-state index < -0.39 is 0 Å². The van der Waals surface area contributed by atoms with Crippen LogP contribution in [0.2, 0.25) is 0 Å². The standard InChI is InChI=1S/C6H12OS2/c1-2-7-6-4-3-5-8-9-6/h6H,2-5H2,1H3. The maximum absolute atomic E-state index is 5.42. The zero-order valence-corrected chi connectivity index (χ0v) is 7.26. The second kappa shape index (κ2) is 4.47. The number of hydrogen-bond acceptors (Lipinski definition) is 3. The lowest BCUT2D eigenvalue weighted by molar-refractivity contribution is 0.119. The summed E-state index contributed by atoms with van der Waals surface area (Å²) >= 11 is 0. The Balaban J connectivity index is 2.08. The summed E-state index contributed by atoms with van der Waals surface area (Å²) in [7, 11) is 3.82. The van der Waals surface area contributed by atoms with Gasteiger partial charge in [-0.1, -0.05) is 21.6 Å². The first-order chi connectivity index (χ1) is 4.43. The van der Waals surface area contributed by atoms with E-state index >= 15 is 0 Å². The lowest BCUT2D eigenvalue weighted by Gasteiger charge is -2.19. The van der Waals surface area contributed by atoms with Crippen molar-refractivity contribution in [2.45, 2.75) is 25.2 Å². The van der Waals surface area contributed by atoms with E-state index in [1.54, 1.807) is 0 Å². The van der Waals surface area contributed by atoms with Crippen molar-refractivity contribution >= 4 is 21.6 Å². The summed E-state index contributed by atoms with van der Waals surface area (Å²) < 4.78 is 5.42. The molecule has 0 radical (unpaired) electrons. The molecule has 0 aliphatic carbocycles. The molecular formula is C6H12OS2. The molecule has 9 heavy (non-hydrogen) atoms. The quantitative estimate of drug-likeness (QED) is 0.580. The van der Waals surface area contributed by atoms with E-state index in [2.05, 4.69) is 6.92 Å². The first-order valence-corrected chi connectivity index (χ1v) is 5.71. The molecule has 1 heterocycles. The van der Waals surface area contributed by atoms with Gasteiger partial charge in [0, 0.05) is 12.4 Å². The molecule has 0 amide bonds. The van der Waals surface area contributed by atoms with Crippen LogP contribution in [0.3, 0.4) is 0 Å². The van der Waals surface area contributed by atoms with Crippen LogP contribution in [0.15, 0.2) is 0 Å². The highest BCUT2D eigenvalue weighted by atomic mass is 33.1. The fraction of sp³-hybridized carbons (Fsp3) is 1.00. The van der Waals surface area contributed by atoms with Gasteiger partial charge in [-0.25, -0.2) is 0 Å². The van der Waals surface area contributed by atoms with Crippen LogP contribution in [0, 0.1) is 0 Å². The molecule has 1 unspecified atom stereocenters. The second-order valence-electron chi connectivity index (χ2n) is 1.95. The van der Waals surface area contributed by atoms with Crippen molar-refractivity contribution in [1.29, 1.82) is 0 Å². The largest absolute Gasteiger partial charge is 0.367 e. The van der Waals surface area contributed by atoms with Gasteiger partial charge >= 0.3 is 0 Å². The smallest absolute Gasteiger partial charge is 0.113 e. The number of hydrogen-bond donors (Lipinski definition) is 0. The molecular weight excluding hydrogens is 152 g/mol. The third-order valence-corrected chi connectivity index (χ3v) is 3.93. The Morgan fingerprint density at radius 2 is 2.56 bits per heavy atom. The Morgan fingerprint density at radius 1 is 1.67 bits per heavy atom. The van der Waals surface area contributed by atoms with Gasteiger partial charge in [0.1, 0.15) is 5.44 Å². The SMILES string of the molecule is CCOC1CCCSS1. The lowest BCUT2D eigenvalue weighted by atomic mass is 10.3. The minimum atomic E-state index is 0.480. The molecule has 0 aromatic heterocycles. The van der Waals surface area contributed by atoms with Gasteiger partial charge in [0.05, 0.1) is 0 Å². The van der Waals surface area contributed by atoms with Gasteiger partial charge in [0.25, 0.3) is 0 Å². The van der Waals surface area contributed by atoms with Gasteiger partial charge in [-0.15, -0.1) is 0 Å². The molecule has 54 valence electrons. The van der Waals surface area contributed by atoms with Crippen molar-refractivity contribution in [3.63, 3.8) is 0 Å². The lowest BCUT2D eigenvalue weighted by Crippen LogP contribution is -2.10. The summed E-state index contributed by atoms with van der Waals surface area (Å²) in [4.78, 5) is 0. The molecule has 1 fully saturated rings. The number of rotatable bonds is 2. The van der Waals surface area contributed by atoms with Crippen LogP contribution >= 0.6 is 21.6 Å². The van der Waals surface area contributed by atoms with E-state index in [4.69, 9.17) is 4.74 Å². The zero-order valence-electron chi connectivity index (χ0n) is 5.63. The average Bonchev–Trinajstić information content (AvgIpc) is 1.91. The molecule has 0 saturated carbocycles. The van der Waals surface area contributed by atoms with E-state index in [1.165, 1.54) is 18.6 Å². The molecule has 1 saturated heterocycles. The monoisotopic (exact) mass is 164 g/mol. The first kappa shape index (κ1) is 7.76. The second-order valence-corrected chi connectivity index (χ2v) is 4.59. The normalized spacial score (nSPS) is 28.3. The zero-order chi connectivity index (χ0) is 6.53. The van der Waals surface area contributed by atoms with Crippen molar-refractivity contribution in [3.8, 4) is 0 Å². The molecule has 1 aliphatic heterocycles. The van der Waals surface area contributed by atoms with Gasteiger partial charge < -0.3 is 4.74 Å². The van der Waals surface area contributed by atoms with E-state index in [0.29, 0.717) is 5.44 Å². The summed E-state index contributed by atoms with van der Waals surface area (Å²) in [5.74, 6) is 1.30. The predicted molar refractivity (Wildman–Crippen MR) is 44.7 cm³/mol. The molecule has 3 heteroatoms. The van der Waals surface area contributed by atoms with Crippen molar-refractivity contribution in [2.24, 2.45) is 0 Å². The highest BCUT2D eigenvalue weighted by Gasteiger charge is 2.13. The Morgan fingerprint density at radius 3 is 3.11 bits per heavy atom. The first-order valence-electron chi connectivity index (χ1n) is 3.33. The van der Waals surface area contributed by atoms with Crippen LogP contribution in [0.25, 0.3) is 0 Å². The maximum Gasteiger partial charge on any atom is 0.113 e. The van der Waals surface area contributed by atoms with Gasteiger partial charge in [0.2, 0.25) is 0 Å². The van der Waals surface area contributed by atoms with Gasteiger partial charge in [-0.2, -0.15) is 0 Å². The van der Waals surface area contributed by atoms with Crippen molar-refractivity contribution in [1.82, 2.24) is 0 Å². The van der Waals surface area contributed by atoms with Crippen molar-refractivity contribution in [2.75, 3.05) is 12.4 Å². The van der Waals surface area contributed by atoms with Crippen molar-refractivity contribution < 1.29 is 4.74 Å². The third kappa shape index (κ3) is 2.83. The topological polar surface area (TPSA) is 9.23 Å². The summed E-state index contributed by atoms with van der Waals surface area (Å²) in [6.45, 7) is 2.91. The summed E-state index contributed by atoms with van der Waals surface area (Å²) in [6.07, 6.45) is 2.56. The van der Waals surface area contributed by atoms with E-state index in [-0.39, 0.29) is 0 Å². The highest BCUT2D eigenvalue weighted by Crippen LogP contribution is 2.35. The Kier molecular flexibility index (Phi) is 3.86. The van der Waals surface area contributed by atoms with E-state index in [1.807, 2.05) is 21.6 Å². The minimum absolute atomic E-state index is 0.480. The van der Waals surface area contributed by atoms with E-state index in [0.717, 1.165) is 6.61 Å². The van der Waals surface area contributed by atoms with Crippen LogP contribution in [-0.2, 0) is 4.74 Å². The molecule has 0 N–H and O–H groups in total. The predicted octanol–water partition coefficient (Wildman–Crippen LogP) is 2.52. The Bertz CT molecular complexity index is 68.7. The summed E-state index contributed by atoms with van der Waals surface area (Å²) in [6, 6.07) is 0. The average molecular weight is 164 g/mol. The molecule has 0 spiro atoms. The van der Waals surface area contributed by atoms with Crippen LogP contribution in [0.5, 0.6) is 0 Å². The number of ether oxygens (including phenoxy) is 1. The summed E-state index contributed by atoms with van der Waals surface area (Å²) in [5, 5.41) is 0. The Labute approximate surface area is 64.3 Å². The molecule has 0 aromatic carbocycles. The molecule has 0 bridgehead atoms. The third-order valence-electron chi connectivity index (χ3n) is 1.20. The molecule has 1 nitrogen and oxygen atoms in total. The minimum Gasteiger partial charge on any atom is -0.367 e. The van der Waals surface area contributed by atoms with E-state index in [9.17, 15) is 0 Å². The molecule has 1 rings (SSSR count). The van der Waals surface area contributed by atoms with Crippen LogP contribution in [0.4, 0.5) is 0 Å². The van der Waals surface area contributed by atoms with Gasteiger partial charge in [0.15, 0.2) is 0 Å². The Hall–Kier alpha value is 0.660. The van der Waals surface area contributed by atoms with Crippen LogP contribution in [-0.4, -0.2) is 17.8 Å². The fourth-order valence-corrected chi connectivity index (χ4v) is 3.32. The van der Waals surface area contributed by atoms with Gasteiger partial charge in [-0.05, 0) is 19.8 Å². The highest BCUT2D eigenvalue weighted by molar-refractivity contribution is 8.77. The fourth-order valence-electron chi connectivity index (χ4n) is 0.778. The van der Waals surface area contributed by atoms with Crippen LogP contribution in [0.1, 0.15) is 19.8 Å². The molecule has 0 aromatic rings. The molecule has 1 aliphatic rings. The maximum atomic E-state index is 5.42. The van der Waals surface area contributed by atoms with Crippen molar-refractivity contribution in [3.05, 3.63) is 0 Å².